The van der Waals surface area contributed by atoms with Crippen molar-refractivity contribution < 1.29 is 14.3 Å². The first-order chi connectivity index (χ1) is 10.6. The van der Waals surface area contributed by atoms with Gasteiger partial charge in [0, 0.05) is 17.1 Å². The van der Waals surface area contributed by atoms with Gasteiger partial charge in [-0.3, -0.25) is 10.1 Å². The number of nitrogens with zero attached hydrogens (tertiary/aromatic N) is 2. The molecule has 1 aromatic carbocycles. The highest BCUT2D eigenvalue weighted by atomic mass is 32.1. The number of aromatic nitrogens is 2. The summed E-state index contributed by atoms with van der Waals surface area (Å²) in [5, 5.41) is 3.11. The molecule has 0 radical (unpaired) electrons. The Morgan fingerprint density at radius 3 is 3.09 bits per heavy atom. The maximum absolute atomic E-state index is 11.9. The molecule has 0 saturated carbocycles. The third-order valence-corrected chi connectivity index (χ3v) is 3.45. The summed E-state index contributed by atoms with van der Waals surface area (Å²) in [7, 11) is 1.60. The summed E-state index contributed by atoms with van der Waals surface area (Å²) in [6, 6.07) is 7.42. The van der Waals surface area contributed by atoms with Crippen molar-refractivity contribution in [2.45, 2.75) is 13.0 Å². The zero-order chi connectivity index (χ0) is 15.9. The summed E-state index contributed by atoms with van der Waals surface area (Å²) in [6.07, 6.45) is 1.01. The van der Waals surface area contributed by atoms with E-state index in [9.17, 15) is 4.79 Å². The topological polar surface area (TPSA) is 73.3 Å². The van der Waals surface area contributed by atoms with Crippen LogP contribution in [0.25, 0.3) is 11.4 Å². The van der Waals surface area contributed by atoms with Gasteiger partial charge in [-0.2, -0.15) is 9.36 Å². The van der Waals surface area contributed by atoms with E-state index in [0.29, 0.717) is 17.6 Å². The lowest BCUT2D eigenvalue weighted by molar-refractivity contribution is -0.125. The quantitative estimate of drug-likeness (QED) is 0.794. The minimum absolute atomic E-state index is 0.268. The summed E-state index contributed by atoms with van der Waals surface area (Å²) < 4.78 is 14.7. The van der Waals surface area contributed by atoms with Gasteiger partial charge in [-0.25, -0.2) is 0 Å². The number of hydrogen-bond acceptors (Lipinski definition) is 6. The minimum Gasteiger partial charge on any atom is -0.497 e. The molecule has 1 amide bonds. The molecule has 0 bridgehead atoms. The van der Waals surface area contributed by atoms with Gasteiger partial charge in [0.15, 0.2) is 5.82 Å². The van der Waals surface area contributed by atoms with E-state index in [1.54, 1.807) is 20.1 Å². The highest BCUT2D eigenvalue weighted by Crippen LogP contribution is 2.24. The predicted molar refractivity (Wildman–Crippen MR) is 86.1 cm³/mol. The lowest BCUT2D eigenvalue weighted by Gasteiger charge is -2.09. The van der Waals surface area contributed by atoms with Crippen LogP contribution in [0, 0.1) is 0 Å². The van der Waals surface area contributed by atoms with Crippen molar-refractivity contribution in [3.05, 3.63) is 36.9 Å². The second-order valence-electron chi connectivity index (χ2n) is 4.41. The van der Waals surface area contributed by atoms with Gasteiger partial charge in [0.1, 0.15) is 11.9 Å². The van der Waals surface area contributed by atoms with E-state index in [1.165, 1.54) is 0 Å². The van der Waals surface area contributed by atoms with Crippen molar-refractivity contribution >= 4 is 22.6 Å². The first kappa shape index (κ1) is 16.1. The van der Waals surface area contributed by atoms with Crippen molar-refractivity contribution in [1.29, 1.82) is 0 Å². The molecule has 22 heavy (non-hydrogen) atoms. The molecule has 1 N–H and O–H groups in total. The van der Waals surface area contributed by atoms with E-state index in [-0.39, 0.29) is 5.91 Å². The van der Waals surface area contributed by atoms with Gasteiger partial charge < -0.3 is 9.47 Å². The fourth-order valence-corrected chi connectivity index (χ4v) is 2.24. The molecule has 0 aliphatic heterocycles. The van der Waals surface area contributed by atoms with Crippen LogP contribution in [0.2, 0.25) is 0 Å². The number of methoxy groups -OCH3 is 1. The van der Waals surface area contributed by atoms with Crippen LogP contribution in [0.15, 0.2) is 36.9 Å². The van der Waals surface area contributed by atoms with Gasteiger partial charge in [-0.1, -0.05) is 18.2 Å². The standard InChI is InChI=1S/C15H17N3O3S/c1-4-8-21-10(2)14(19)17-15-16-13(18-22-15)11-6-5-7-12(9-11)20-3/h4-7,9-10H,1,8H2,2-3H3,(H,16,17,18,19). The second-order valence-corrected chi connectivity index (χ2v) is 5.16. The fourth-order valence-electron chi connectivity index (χ4n) is 1.65. The van der Waals surface area contributed by atoms with Gasteiger partial charge in [0.25, 0.3) is 5.91 Å². The molecule has 0 aliphatic rings. The number of carbonyl (C=O) groups is 1. The average Bonchev–Trinajstić information content (AvgIpc) is 3.01. The number of hydrogen-bond donors (Lipinski definition) is 1. The average molecular weight is 319 g/mol. The van der Waals surface area contributed by atoms with E-state index in [4.69, 9.17) is 9.47 Å². The minimum atomic E-state index is -0.581. The van der Waals surface area contributed by atoms with Gasteiger partial charge in [-0.15, -0.1) is 6.58 Å². The van der Waals surface area contributed by atoms with Crippen LogP contribution in [-0.4, -0.2) is 35.1 Å². The Morgan fingerprint density at radius 1 is 1.55 bits per heavy atom. The molecular weight excluding hydrogens is 302 g/mol. The highest BCUT2D eigenvalue weighted by molar-refractivity contribution is 7.10. The van der Waals surface area contributed by atoms with Crippen LogP contribution >= 0.6 is 11.5 Å². The molecule has 0 fully saturated rings. The molecule has 6 nitrogen and oxygen atoms in total. The monoisotopic (exact) mass is 319 g/mol. The molecule has 0 spiro atoms. The molecule has 1 heterocycles. The molecule has 2 aromatic rings. The largest absolute Gasteiger partial charge is 0.497 e. The number of amides is 1. The summed E-state index contributed by atoms with van der Waals surface area (Å²) >= 11 is 1.12. The van der Waals surface area contributed by atoms with Crippen LogP contribution < -0.4 is 10.1 Å². The molecule has 7 heteroatoms. The molecule has 0 aliphatic carbocycles. The summed E-state index contributed by atoms with van der Waals surface area (Å²) in [6.45, 7) is 5.53. The Morgan fingerprint density at radius 2 is 2.36 bits per heavy atom. The lowest BCUT2D eigenvalue weighted by Crippen LogP contribution is -2.27. The lowest BCUT2D eigenvalue weighted by atomic mass is 10.2. The molecule has 1 unspecified atom stereocenters. The van der Waals surface area contributed by atoms with E-state index in [1.807, 2.05) is 24.3 Å². The Labute approximate surface area is 133 Å². The molecular formula is C15H17N3O3S. The highest BCUT2D eigenvalue weighted by Gasteiger charge is 2.15. The third kappa shape index (κ3) is 4.12. The molecule has 0 saturated heterocycles. The Balaban J connectivity index is 2.04. The van der Waals surface area contributed by atoms with Crippen molar-refractivity contribution in [2.24, 2.45) is 0 Å². The van der Waals surface area contributed by atoms with Crippen molar-refractivity contribution in [2.75, 3.05) is 19.0 Å². The number of benzene rings is 1. The molecule has 2 rings (SSSR count). The zero-order valence-corrected chi connectivity index (χ0v) is 13.2. The molecule has 116 valence electrons. The molecule has 1 atom stereocenters. The van der Waals surface area contributed by atoms with Crippen LogP contribution in [0.5, 0.6) is 5.75 Å². The van der Waals surface area contributed by atoms with Crippen LogP contribution in [0.3, 0.4) is 0 Å². The number of anilines is 1. The van der Waals surface area contributed by atoms with Crippen molar-refractivity contribution in [3.63, 3.8) is 0 Å². The van der Waals surface area contributed by atoms with E-state index >= 15 is 0 Å². The van der Waals surface area contributed by atoms with Gasteiger partial charge in [-0.05, 0) is 19.1 Å². The molecule has 1 aromatic heterocycles. The second kappa shape index (κ2) is 7.67. The van der Waals surface area contributed by atoms with E-state index in [0.717, 1.165) is 22.8 Å². The summed E-state index contributed by atoms with van der Waals surface area (Å²) in [5.74, 6) is 0.999. The van der Waals surface area contributed by atoms with E-state index in [2.05, 4.69) is 21.3 Å². The van der Waals surface area contributed by atoms with Gasteiger partial charge in [0.2, 0.25) is 5.13 Å². The van der Waals surface area contributed by atoms with Crippen molar-refractivity contribution in [3.8, 4) is 17.1 Å². The number of ether oxygens (including phenoxy) is 2. The predicted octanol–water partition coefficient (Wildman–Crippen LogP) is 2.74. The first-order valence-electron chi connectivity index (χ1n) is 6.65. The van der Waals surface area contributed by atoms with Crippen LogP contribution in [0.1, 0.15) is 6.92 Å². The summed E-state index contributed by atoms with van der Waals surface area (Å²) in [5.41, 5.74) is 0.826. The zero-order valence-electron chi connectivity index (χ0n) is 12.4. The van der Waals surface area contributed by atoms with Crippen LogP contribution in [-0.2, 0) is 9.53 Å². The maximum atomic E-state index is 11.9. The number of rotatable bonds is 7. The van der Waals surface area contributed by atoms with Gasteiger partial charge >= 0.3 is 0 Å². The number of nitrogens with one attached hydrogen (secondary N) is 1. The SMILES string of the molecule is C=CCOC(C)C(=O)Nc1nc(-c2cccc(OC)c2)ns1. The Bertz CT molecular complexity index is 657. The Kier molecular flexibility index (Phi) is 5.62. The van der Waals surface area contributed by atoms with Gasteiger partial charge in [0.05, 0.1) is 13.7 Å². The smallest absolute Gasteiger partial charge is 0.255 e. The van der Waals surface area contributed by atoms with E-state index < -0.39 is 6.10 Å². The first-order valence-corrected chi connectivity index (χ1v) is 7.43. The Hall–Kier alpha value is -2.25. The number of carbonyl (C=O) groups excluding carboxylic acids is 1. The fraction of sp³-hybridized carbons (Fsp3) is 0.267. The normalized spacial score (nSPS) is 11.7. The van der Waals surface area contributed by atoms with Crippen molar-refractivity contribution in [1.82, 2.24) is 9.36 Å². The summed E-state index contributed by atoms with van der Waals surface area (Å²) in [4.78, 5) is 16.2. The maximum Gasteiger partial charge on any atom is 0.255 e. The van der Waals surface area contributed by atoms with Crippen LogP contribution in [0.4, 0.5) is 5.13 Å². The third-order valence-electron chi connectivity index (χ3n) is 2.82.